The number of amides is 1. The summed E-state index contributed by atoms with van der Waals surface area (Å²) in [5.74, 6) is -0.0348. The summed E-state index contributed by atoms with van der Waals surface area (Å²) in [5.41, 5.74) is 2.78. The Morgan fingerprint density at radius 3 is 2.24 bits per heavy atom. The zero-order valence-electron chi connectivity index (χ0n) is 13.1. The number of benzene rings is 1. The zero-order chi connectivity index (χ0) is 15.4. The highest BCUT2D eigenvalue weighted by molar-refractivity contribution is 7.12. The van der Waals surface area contributed by atoms with Gasteiger partial charge in [0.15, 0.2) is 0 Å². The van der Waals surface area contributed by atoms with Crippen molar-refractivity contribution >= 4 is 28.6 Å². The average Bonchev–Trinajstić information content (AvgIpc) is 2.81. The number of nitrogens with one attached hydrogen (secondary N) is 1. The van der Waals surface area contributed by atoms with Gasteiger partial charge in [-0.05, 0) is 58.0 Å². The van der Waals surface area contributed by atoms with Gasteiger partial charge in [-0.25, -0.2) is 0 Å². The molecule has 2 aromatic rings. The van der Waals surface area contributed by atoms with E-state index >= 15 is 0 Å². The molecule has 1 aromatic carbocycles. The lowest BCUT2D eigenvalue weighted by molar-refractivity contribution is 0.102. The highest BCUT2D eigenvalue weighted by Crippen LogP contribution is 2.23. The Morgan fingerprint density at radius 1 is 1.14 bits per heavy atom. The van der Waals surface area contributed by atoms with E-state index in [1.54, 1.807) is 11.3 Å². The van der Waals surface area contributed by atoms with Gasteiger partial charge in [0.25, 0.3) is 5.91 Å². The van der Waals surface area contributed by atoms with Crippen LogP contribution in [0.4, 0.5) is 11.4 Å². The van der Waals surface area contributed by atoms with E-state index in [4.69, 9.17) is 0 Å². The molecule has 0 aliphatic carbocycles. The third kappa shape index (κ3) is 3.64. The van der Waals surface area contributed by atoms with Crippen LogP contribution in [0.5, 0.6) is 0 Å². The third-order valence-electron chi connectivity index (χ3n) is 3.54. The van der Waals surface area contributed by atoms with Gasteiger partial charge in [0, 0.05) is 34.2 Å². The molecule has 0 saturated carbocycles. The average molecular weight is 302 g/mol. The Morgan fingerprint density at radius 2 is 1.76 bits per heavy atom. The molecular weight excluding hydrogens is 280 g/mol. The summed E-state index contributed by atoms with van der Waals surface area (Å²) in [6, 6.07) is 9.96. The summed E-state index contributed by atoms with van der Waals surface area (Å²) < 4.78 is 0. The molecule has 0 aliphatic rings. The monoisotopic (exact) mass is 302 g/mol. The van der Waals surface area contributed by atoms with E-state index in [9.17, 15) is 4.79 Å². The molecule has 2 rings (SSSR count). The minimum absolute atomic E-state index is 0.0348. The van der Waals surface area contributed by atoms with Gasteiger partial charge in [0.2, 0.25) is 0 Å². The lowest BCUT2D eigenvalue weighted by Gasteiger charge is -2.21. The van der Waals surface area contributed by atoms with Crippen LogP contribution in [0.1, 0.15) is 34.0 Å². The summed E-state index contributed by atoms with van der Waals surface area (Å²) in [4.78, 5) is 16.8. The van der Waals surface area contributed by atoms with Crippen LogP contribution in [0.2, 0.25) is 0 Å². The van der Waals surface area contributed by atoms with Gasteiger partial charge in [0.05, 0.1) is 5.56 Å². The van der Waals surface area contributed by atoms with Crippen molar-refractivity contribution < 1.29 is 4.79 Å². The molecule has 1 amide bonds. The van der Waals surface area contributed by atoms with Crippen LogP contribution in [-0.4, -0.2) is 19.0 Å². The fraction of sp³-hybridized carbons (Fsp3) is 0.353. The number of carbonyl (C=O) groups is 1. The summed E-state index contributed by atoms with van der Waals surface area (Å²) in [5, 5.41) is 2.96. The van der Waals surface area contributed by atoms with Crippen molar-refractivity contribution in [1.29, 1.82) is 0 Å². The van der Waals surface area contributed by atoms with Crippen LogP contribution >= 0.6 is 11.3 Å². The number of anilines is 2. The standard InChI is InChI=1S/C17H22N2OS/c1-5-19(6-2)15-9-7-14(8-10-15)18-17(20)16-11-12(3)21-13(16)4/h7-11H,5-6H2,1-4H3,(H,18,20). The van der Waals surface area contributed by atoms with Crippen molar-refractivity contribution in [3.05, 3.63) is 45.6 Å². The van der Waals surface area contributed by atoms with Gasteiger partial charge in [-0.1, -0.05) is 0 Å². The van der Waals surface area contributed by atoms with Crippen LogP contribution < -0.4 is 10.2 Å². The molecule has 0 bridgehead atoms. The lowest BCUT2D eigenvalue weighted by Crippen LogP contribution is -2.21. The van der Waals surface area contributed by atoms with Gasteiger partial charge in [-0.3, -0.25) is 4.79 Å². The van der Waals surface area contributed by atoms with Gasteiger partial charge in [-0.15, -0.1) is 11.3 Å². The largest absolute Gasteiger partial charge is 0.372 e. The molecule has 21 heavy (non-hydrogen) atoms. The Labute approximate surface area is 130 Å². The molecule has 1 N–H and O–H groups in total. The molecule has 0 spiro atoms. The van der Waals surface area contributed by atoms with Crippen molar-refractivity contribution in [2.24, 2.45) is 0 Å². The molecule has 0 fully saturated rings. The quantitative estimate of drug-likeness (QED) is 0.884. The van der Waals surface area contributed by atoms with Gasteiger partial charge < -0.3 is 10.2 Å². The second-order valence-electron chi connectivity index (χ2n) is 5.00. The number of hydrogen-bond donors (Lipinski definition) is 1. The molecule has 0 unspecified atom stereocenters. The van der Waals surface area contributed by atoms with Crippen LogP contribution in [0.3, 0.4) is 0 Å². The van der Waals surface area contributed by atoms with Crippen LogP contribution in [-0.2, 0) is 0 Å². The van der Waals surface area contributed by atoms with Crippen molar-refractivity contribution in [3.63, 3.8) is 0 Å². The first-order chi connectivity index (χ1) is 10.0. The van der Waals surface area contributed by atoms with E-state index in [1.165, 1.54) is 5.69 Å². The molecular formula is C17H22N2OS. The third-order valence-corrected chi connectivity index (χ3v) is 4.51. The van der Waals surface area contributed by atoms with Crippen LogP contribution in [0, 0.1) is 13.8 Å². The molecule has 3 nitrogen and oxygen atoms in total. The second-order valence-corrected chi connectivity index (χ2v) is 6.46. The summed E-state index contributed by atoms with van der Waals surface area (Å²) in [6.07, 6.45) is 0. The molecule has 0 radical (unpaired) electrons. The first-order valence-electron chi connectivity index (χ1n) is 7.28. The number of carbonyl (C=O) groups excluding carboxylic acids is 1. The van der Waals surface area contributed by atoms with E-state index in [2.05, 4.69) is 24.1 Å². The Hall–Kier alpha value is -1.81. The molecule has 1 heterocycles. The maximum absolute atomic E-state index is 12.3. The number of hydrogen-bond acceptors (Lipinski definition) is 3. The fourth-order valence-electron chi connectivity index (χ4n) is 2.40. The highest BCUT2D eigenvalue weighted by atomic mass is 32.1. The number of thiophene rings is 1. The SMILES string of the molecule is CCN(CC)c1ccc(NC(=O)c2cc(C)sc2C)cc1. The van der Waals surface area contributed by atoms with Crippen LogP contribution in [0.25, 0.3) is 0 Å². The van der Waals surface area contributed by atoms with E-state index in [-0.39, 0.29) is 5.91 Å². The Balaban J connectivity index is 2.10. The summed E-state index contributed by atoms with van der Waals surface area (Å²) >= 11 is 1.65. The first kappa shape index (κ1) is 15.6. The van der Waals surface area contributed by atoms with Crippen LogP contribution in [0.15, 0.2) is 30.3 Å². The van der Waals surface area contributed by atoms with Crippen molar-refractivity contribution in [3.8, 4) is 0 Å². The maximum Gasteiger partial charge on any atom is 0.256 e. The topological polar surface area (TPSA) is 32.3 Å². The van der Waals surface area contributed by atoms with Crippen molar-refractivity contribution in [1.82, 2.24) is 0 Å². The van der Waals surface area contributed by atoms with E-state index in [0.717, 1.165) is 34.1 Å². The molecule has 4 heteroatoms. The fourth-order valence-corrected chi connectivity index (χ4v) is 3.32. The summed E-state index contributed by atoms with van der Waals surface area (Å²) in [6.45, 7) is 10.2. The Kier molecular flexibility index (Phi) is 5.02. The van der Waals surface area contributed by atoms with Gasteiger partial charge in [-0.2, -0.15) is 0 Å². The molecule has 0 saturated heterocycles. The molecule has 1 aromatic heterocycles. The van der Waals surface area contributed by atoms with Gasteiger partial charge in [0.1, 0.15) is 0 Å². The van der Waals surface area contributed by atoms with Gasteiger partial charge >= 0.3 is 0 Å². The molecule has 112 valence electrons. The number of nitrogens with zero attached hydrogens (tertiary/aromatic N) is 1. The van der Waals surface area contributed by atoms with E-state index in [1.807, 2.05) is 44.2 Å². The first-order valence-corrected chi connectivity index (χ1v) is 8.10. The number of aryl methyl sites for hydroxylation is 2. The van der Waals surface area contributed by atoms with Crippen molar-refractivity contribution in [2.75, 3.05) is 23.3 Å². The Bertz CT molecular complexity index is 612. The normalized spacial score (nSPS) is 10.5. The molecule has 0 aliphatic heterocycles. The zero-order valence-corrected chi connectivity index (χ0v) is 13.9. The predicted molar refractivity (Wildman–Crippen MR) is 91.7 cm³/mol. The lowest BCUT2D eigenvalue weighted by atomic mass is 10.2. The number of rotatable bonds is 5. The minimum Gasteiger partial charge on any atom is -0.372 e. The minimum atomic E-state index is -0.0348. The molecule has 0 atom stereocenters. The highest BCUT2D eigenvalue weighted by Gasteiger charge is 2.12. The van der Waals surface area contributed by atoms with E-state index < -0.39 is 0 Å². The smallest absolute Gasteiger partial charge is 0.256 e. The van der Waals surface area contributed by atoms with Crippen molar-refractivity contribution in [2.45, 2.75) is 27.7 Å². The van der Waals surface area contributed by atoms with E-state index in [0.29, 0.717) is 0 Å². The second kappa shape index (κ2) is 6.76. The predicted octanol–water partition coefficient (Wildman–Crippen LogP) is 4.46. The maximum atomic E-state index is 12.3. The summed E-state index contributed by atoms with van der Waals surface area (Å²) in [7, 11) is 0.